The molecule has 0 N–H and O–H groups in total. The summed E-state index contributed by atoms with van der Waals surface area (Å²) in [6.07, 6.45) is 2.33. The molecule has 0 amide bonds. The third kappa shape index (κ3) is 3.43. The maximum atomic E-state index is 13.2. The van der Waals surface area contributed by atoms with Crippen molar-refractivity contribution < 1.29 is 4.39 Å². The summed E-state index contributed by atoms with van der Waals surface area (Å²) in [5.74, 6) is 1.30. The van der Waals surface area contributed by atoms with Crippen molar-refractivity contribution in [2.45, 2.75) is 26.3 Å². The molecule has 0 radical (unpaired) electrons. The molecule has 17 heavy (non-hydrogen) atoms. The maximum absolute atomic E-state index is 13.2. The predicted molar refractivity (Wildman–Crippen MR) is 69.9 cm³/mol. The van der Waals surface area contributed by atoms with E-state index in [1.54, 1.807) is 6.07 Å². The van der Waals surface area contributed by atoms with Crippen LogP contribution in [-0.4, -0.2) is 23.9 Å². The lowest BCUT2D eigenvalue weighted by Crippen LogP contribution is -2.33. The number of alkyl halides is 1. The molecule has 1 saturated heterocycles. The molecule has 1 aliphatic rings. The number of aryl methyl sites for hydroxylation is 1. The summed E-state index contributed by atoms with van der Waals surface area (Å²) < 4.78 is 13.2. The van der Waals surface area contributed by atoms with Crippen molar-refractivity contribution in [3.8, 4) is 0 Å². The third-order valence-corrected chi connectivity index (χ3v) is 4.07. The van der Waals surface area contributed by atoms with Gasteiger partial charge in [0.15, 0.2) is 0 Å². The van der Waals surface area contributed by atoms with Crippen molar-refractivity contribution in [3.63, 3.8) is 0 Å². The van der Waals surface area contributed by atoms with E-state index >= 15 is 0 Å². The van der Waals surface area contributed by atoms with Crippen LogP contribution in [0.25, 0.3) is 0 Å². The average molecular weight is 256 g/mol. The van der Waals surface area contributed by atoms with Gasteiger partial charge in [-0.05, 0) is 62.0 Å². The summed E-state index contributed by atoms with van der Waals surface area (Å²) in [5.41, 5.74) is 2.28. The lowest BCUT2D eigenvalue weighted by atomic mass is 9.98. The van der Waals surface area contributed by atoms with Gasteiger partial charge in [-0.15, -0.1) is 11.6 Å². The Balaban J connectivity index is 1.95. The first-order chi connectivity index (χ1) is 8.19. The van der Waals surface area contributed by atoms with E-state index in [0.29, 0.717) is 5.92 Å². The molecule has 1 nitrogen and oxygen atoms in total. The molecular weight excluding hydrogens is 237 g/mol. The Bertz CT molecular complexity index is 372. The Hall–Kier alpha value is -0.600. The van der Waals surface area contributed by atoms with Gasteiger partial charge in [-0.1, -0.05) is 6.07 Å². The molecule has 1 fully saturated rings. The molecule has 94 valence electrons. The Labute approximate surface area is 108 Å². The van der Waals surface area contributed by atoms with Gasteiger partial charge in [0.1, 0.15) is 5.82 Å². The third-order valence-electron chi connectivity index (χ3n) is 3.63. The van der Waals surface area contributed by atoms with Crippen LogP contribution in [0.15, 0.2) is 18.2 Å². The normalized spacial score (nSPS) is 18.5. The van der Waals surface area contributed by atoms with Crippen LogP contribution in [0.5, 0.6) is 0 Å². The highest BCUT2D eigenvalue weighted by Gasteiger charge is 2.18. The van der Waals surface area contributed by atoms with Gasteiger partial charge in [0.05, 0.1) is 0 Å². The lowest BCUT2D eigenvalue weighted by Gasteiger charge is -2.31. The van der Waals surface area contributed by atoms with Gasteiger partial charge >= 0.3 is 0 Å². The highest BCUT2D eigenvalue weighted by atomic mass is 35.5. The minimum atomic E-state index is -0.138. The second-order valence-electron chi connectivity index (χ2n) is 4.94. The molecule has 0 bridgehead atoms. The molecule has 1 aromatic carbocycles. The lowest BCUT2D eigenvalue weighted by molar-refractivity contribution is 0.186. The molecular formula is C14H19ClFN. The summed E-state index contributed by atoms with van der Waals surface area (Å²) in [4.78, 5) is 2.39. The van der Waals surface area contributed by atoms with Crippen molar-refractivity contribution in [2.24, 2.45) is 5.92 Å². The number of halogens is 2. The number of likely N-dealkylation sites (tertiary alicyclic amines) is 1. The molecule has 0 saturated carbocycles. The fourth-order valence-corrected chi connectivity index (χ4v) is 2.66. The van der Waals surface area contributed by atoms with Gasteiger partial charge in [-0.2, -0.15) is 0 Å². The Morgan fingerprint density at radius 1 is 1.35 bits per heavy atom. The number of rotatable bonds is 3. The van der Waals surface area contributed by atoms with E-state index in [0.717, 1.165) is 43.9 Å². The topological polar surface area (TPSA) is 3.24 Å². The summed E-state index contributed by atoms with van der Waals surface area (Å²) in [5, 5.41) is 0. The Morgan fingerprint density at radius 2 is 2.06 bits per heavy atom. The number of hydrogen-bond donors (Lipinski definition) is 0. The molecule has 0 atom stereocenters. The van der Waals surface area contributed by atoms with Gasteiger partial charge in [-0.3, -0.25) is 4.90 Å². The van der Waals surface area contributed by atoms with Crippen molar-refractivity contribution in [1.29, 1.82) is 0 Å². The quantitative estimate of drug-likeness (QED) is 0.747. The molecule has 1 heterocycles. The summed E-state index contributed by atoms with van der Waals surface area (Å²) in [7, 11) is 0. The summed E-state index contributed by atoms with van der Waals surface area (Å²) in [6, 6.07) is 5.04. The van der Waals surface area contributed by atoms with Crippen LogP contribution in [0.3, 0.4) is 0 Å². The first-order valence-corrected chi connectivity index (χ1v) is 6.76. The van der Waals surface area contributed by atoms with Crippen LogP contribution in [0.4, 0.5) is 4.39 Å². The largest absolute Gasteiger partial charge is 0.299 e. The fraction of sp³-hybridized carbons (Fsp3) is 0.571. The van der Waals surface area contributed by atoms with E-state index in [2.05, 4.69) is 4.90 Å². The number of piperidine rings is 1. The SMILES string of the molecule is Cc1ccc(F)cc1CN1CCC(CCl)CC1. The monoisotopic (exact) mass is 255 g/mol. The highest BCUT2D eigenvalue weighted by Crippen LogP contribution is 2.21. The fourth-order valence-electron chi connectivity index (χ4n) is 2.35. The molecule has 1 aliphatic heterocycles. The van der Waals surface area contributed by atoms with Crippen LogP contribution < -0.4 is 0 Å². The zero-order valence-corrected chi connectivity index (χ0v) is 11.0. The van der Waals surface area contributed by atoms with Crippen molar-refractivity contribution in [3.05, 3.63) is 35.1 Å². The van der Waals surface area contributed by atoms with Crippen LogP contribution >= 0.6 is 11.6 Å². The maximum Gasteiger partial charge on any atom is 0.123 e. The zero-order valence-electron chi connectivity index (χ0n) is 10.3. The van der Waals surface area contributed by atoms with Gasteiger partial charge in [0.2, 0.25) is 0 Å². The molecule has 1 aromatic rings. The Kier molecular flexibility index (Phi) is 4.41. The summed E-state index contributed by atoms with van der Waals surface area (Å²) in [6.45, 7) is 5.06. The molecule has 0 unspecified atom stereocenters. The molecule has 0 spiro atoms. The van der Waals surface area contributed by atoms with Gasteiger partial charge in [0, 0.05) is 12.4 Å². The van der Waals surface area contributed by atoms with E-state index in [9.17, 15) is 4.39 Å². The predicted octanol–water partition coefficient (Wildman–Crippen LogP) is 3.58. The Morgan fingerprint density at radius 3 is 2.71 bits per heavy atom. The number of hydrogen-bond acceptors (Lipinski definition) is 1. The number of nitrogens with zero attached hydrogens (tertiary/aromatic N) is 1. The van der Waals surface area contributed by atoms with Crippen LogP contribution in [-0.2, 0) is 6.54 Å². The second kappa shape index (κ2) is 5.83. The molecule has 3 heteroatoms. The van der Waals surface area contributed by atoms with E-state index in [1.165, 1.54) is 11.6 Å². The number of benzene rings is 1. The smallest absolute Gasteiger partial charge is 0.123 e. The van der Waals surface area contributed by atoms with Gasteiger partial charge in [-0.25, -0.2) is 4.39 Å². The summed E-state index contributed by atoms with van der Waals surface area (Å²) >= 11 is 5.87. The molecule has 0 aromatic heterocycles. The van der Waals surface area contributed by atoms with Crippen LogP contribution in [0.1, 0.15) is 24.0 Å². The van der Waals surface area contributed by atoms with Crippen LogP contribution in [0.2, 0.25) is 0 Å². The second-order valence-corrected chi connectivity index (χ2v) is 5.25. The van der Waals surface area contributed by atoms with E-state index in [4.69, 9.17) is 11.6 Å². The minimum absolute atomic E-state index is 0.138. The molecule has 0 aliphatic carbocycles. The first-order valence-electron chi connectivity index (χ1n) is 6.22. The van der Waals surface area contributed by atoms with Crippen molar-refractivity contribution in [1.82, 2.24) is 4.90 Å². The van der Waals surface area contributed by atoms with Gasteiger partial charge in [0.25, 0.3) is 0 Å². The van der Waals surface area contributed by atoms with E-state index < -0.39 is 0 Å². The van der Waals surface area contributed by atoms with Gasteiger partial charge < -0.3 is 0 Å². The first kappa shape index (κ1) is 12.8. The van der Waals surface area contributed by atoms with Crippen molar-refractivity contribution in [2.75, 3.05) is 19.0 Å². The van der Waals surface area contributed by atoms with Crippen molar-refractivity contribution >= 4 is 11.6 Å². The zero-order chi connectivity index (χ0) is 12.3. The van der Waals surface area contributed by atoms with E-state index in [1.807, 2.05) is 13.0 Å². The minimum Gasteiger partial charge on any atom is -0.299 e. The average Bonchev–Trinajstić information content (AvgIpc) is 2.35. The van der Waals surface area contributed by atoms with E-state index in [-0.39, 0.29) is 5.82 Å². The van der Waals surface area contributed by atoms with Crippen LogP contribution in [0, 0.1) is 18.7 Å². The standard InChI is InChI=1S/C14H19ClFN/c1-11-2-3-14(16)8-13(11)10-17-6-4-12(9-15)5-7-17/h2-3,8,12H,4-7,9-10H2,1H3. The molecule has 2 rings (SSSR count). The highest BCUT2D eigenvalue weighted by molar-refractivity contribution is 6.18.